The quantitative estimate of drug-likeness (QED) is 0.565. The van der Waals surface area contributed by atoms with Gasteiger partial charge in [0.2, 0.25) is 0 Å². The summed E-state index contributed by atoms with van der Waals surface area (Å²) in [5, 5.41) is 14.8. The van der Waals surface area contributed by atoms with Crippen molar-refractivity contribution in [2.45, 2.75) is 39.3 Å². The third-order valence-corrected chi connectivity index (χ3v) is 2.28. The van der Waals surface area contributed by atoms with Gasteiger partial charge in [0.05, 0.1) is 6.42 Å². The van der Waals surface area contributed by atoms with Crippen LogP contribution in [-0.4, -0.2) is 33.7 Å². The van der Waals surface area contributed by atoms with Crippen molar-refractivity contribution in [3.63, 3.8) is 0 Å². The molecule has 4 N–H and O–H groups in total. The molecule has 0 saturated heterocycles. The molecule has 0 atom stereocenters. The Morgan fingerprint density at radius 3 is 1.86 bits per heavy atom. The van der Waals surface area contributed by atoms with Crippen LogP contribution in [0.4, 0.5) is 0 Å². The van der Waals surface area contributed by atoms with E-state index in [0.717, 1.165) is 11.1 Å². The number of carboxylic acid groups (broad SMARTS) is 2. The normalized spacial score (nSPS) is 10.2. The molecule has 122 valence electrons. The molecule has 0 amide bonds. The molecule has 7 heteroatoms. The van der Waals surface area contributed by atoms with Gasteiger partial charge in [-0.1, -0.05) is 24.3 Å². The molecular formula is C15H21NO6. The Morgan fingerprint density at radius 2 is 1.50 bits per heavy atom. The Morgan fingerprint density at radius 1 is 1.05 bits per heavy atom. The van der Waals surface area contributed by atoms with E-state index in [2.05, 4.69) is 0 Å². The summed E-state index contributed by atoms with van der Waals surface area (Å²) < 4.78 is 5.26. The summed E-state index contributed by atoms with van der Waals surface area (Å²) in [4.78, 5) is 29.8. The van der Waals surface area contributed by atoms with Crippen LogP contribution in [0.15, 0.2) is 24.3 Å². The van der Waals surface area contributed by atoms with Gasteiger partial charge in [-0.15, -0.1) is 0 Å². The van der Waals surface area contributed by atoms with E-state index in [0.29, 0.717) is 6.54 Å². The van der Waals surface area contributed by atoms with E-state index in [1.54, 1.807) is 0 Å². The van der Waals surface area contributed by atoms with E-state index < -0.39 is 17.5 Å². The lowest BCUT2D eigenvalue weighted by atomic mass is 10.0. The summed E-state index contributed by atoms with van der Waals surface area (Å²) in [7, 11) is 0. The van der Waals surface area contributed by atoms with Gasteiger partial charge in [0.1, 0.15) is 5.60 Å². The van der Waals surface area contributed by atoms with Crippen LogP contribution in [0.5, 0.6) is 0 Å². The Labute approximate surface area is 128 Å². The molecular weight excluding hydrogens is 290 g/mol. The first-order chi connectivity index (χ1) is 10.1. The smallest absolute Gasteiger partial charge is 0.414 e. The van der Waals surface area contributed by atoms with Gasteiger partial charge in [0.25, 0.3) is 0 Å². The Bertz CT molecular complexity index is 521. The molecule has 0 aromatic heterocycles. The highest BCUT2D eigenvalue weighted by Gasteiger charge is 2.17. The van der Waals surface area contributed by atoms with Gasteiger partial charge in [0.15, 0.2) is 0 Å². The van der Waals surface area contributed by atoms with Crippen LogP contribution in [0.25, 0.3) is 0 Å². The SMILES string of the molecule is CC(C)(C)OC(=O)Cc1ccccc1CN.O=C(O)C(=O)O. The van der Waals surface area contributed by atoms with Crippen molar-refractivity contribution in [2.24, 2.45) is 5.73 Å². The summed E-state index contributed by atoms with van der Waals surface area (Å²) in [6.07, 6.45) is 0.282. The topological polar surface area (TPSA) is 127 Å². The highest BCUT2D eigenvalue weighted by molar-refractivity contribution is 6.27. The molecule has 1 rings (SSSR count). The average Bonchev–Trinajstić information content (AvgIpc) is 2.37. The van der Waals surface area contributed by atoms with Gasteiger partial charge in [-0.2, -0.15) is 0 Å². The van der Waals surface area contributed by atoms with Crippen molar-refractivity contribution >= 4 is 17.9 Å². The highest BCUT2D eigenvalue weighted by atomic mass is 16.6. The number of hydrogen-bond acceptors (Lipinski definition) is 5. The Balaban J connectivity index is 0.000000626. The lowest BCUT2D eigenvalue weighted by molar-refractivity contribution is -0.159. The van der Waals surface area contributed by atoms with Crippen molar-refractivity contribution in [3.8, 4) is 0 Å². The van der Waals surface area contributed by atoms with E-state index in [4.69, 9.17) is 30.3 Å². The Kier molecular flexibility index (Phi) is 7.82. The molecule has 0 radical (unpaired) electrons. The summed E-state index contributed by atoms with van der Waals surface area (Å²) in [5.74, 6) is -3.86. The van der Waals surface area contributed by atoms with Gasteiger partial charge < -0.3 is 20.7 Å². The second-order valence-corrected chi connectivity index (χ2v) is 5.35. The molecule has 0 spiro atoms. The van der Waals surface area contributed by atoms with Gasteiger partial charge in [-0.25, -0.2) is 9.59 Å². The van der Waals surface area contributed by atoms with Crippen molar-refractivity contribution < 1.29 is 29.3 Å². The summed E-state index contributed by atoms with van der Waals surface area (Å²) in [6, 6.07) is 7.66. The zero-order chi connectivity index (χ0) is 17.3. The minimum Gasteiger partial charge on any atom is -0.473 e. The molecule has 0 unspecified atom stereocenters. The number of hydrogen-bond donors (Lipinski definition) is 3. The monoisotopic (exact) mass is 311 g/mol. The fourth-order valence-corrected chi connectivity index (χ4v) is 1.46. The fourth-order valence-electron chi connectivity index (χ4n) is 1.46. The molecule has 0 aliphatic carbocycles. The molecule has 1 aromatic rings. The van der Waals surface area contributed by atoms with Crippen LogP contribution in [0, 0.1) is 0 Å². The van der Waals surface area contributed by atoms with Crippen LogP contribution in [0.2, 0.25) is 0 Å². The number of nitrogens with two attached hydrogens (primary N) is 1. The summed E-state index contributed by atoms with van der Waals surface area (Å²) in [6.45, 7) is 6.03. The average molecular weight is 311 g/mol. The van der Waals surface area contributed by atoms with Gasteiger partial charge in [-0.3, -0.25) is 4.79 Å². The van der Waals surface area contributed by atoms with Gasteiger partial charge in [0, 0.05) is 6.54 Å². The molecule has 0 fully saturated rings. The molecule has 0 aliphatic rings. The van der Waals surface area contributed by atoms with E-state index >= 15 is 0 Å². The first-order valence-electron chi connectivity index (χ1n) is 6.51. The predicted molar refractivity (Wildman–Crippen MR) is 79.2 cm³/mol. The summed E-state index contributed by atoms with van der Waals surface area (Å²) in [5.41, 5.74) is 7.10. The maximum absolute atomic E-state index is 11.6. The molecule has 7 nitrogen and oxygen atoms in total. The maximum atomic E-state index is 11.6. The highest BCUT2D eigenvalue weighted by Crippen LogP contribution is 2.13. The van der Waals surface area contributed by atoms with E-state index in [9.17, 15) is 4.79 Å². The number of benzene rings is 1. The van der Waals surface area contributed by atoms with Crippen LogP contribution >= 0.6 is 0 Å². The maximum Gasteiger partial charge on any atom is 0.414 e. The van der Waals surface area contributed by atoms with Crippen molar-refractivity contribution in [1.29, 1.82) is 0 Å². The minimum atomic E-state index is -1.82. The third-order valence-electron chi connectivity index (χ3n) is 2.28. The van der Waals surface area contributed by atoms with Crippen molar-refractivity contribution in [2.75, 3.05) is 0 Å². The number of esters is 1. The molecule has 0 aliphatic heterocycles. The van der Waals surface area contributed by atoms with Gasteiger partial charge in [-0.05, 0) is 31.9 Å². The molecule has 0 saturated carbocycles. The largest absolute Gasteiger partial charge is 0.473 e. The predicted octanol–water partition coefficient (Wildman–Crippen LogP) is 1.19. The van der Waals surface area contributed by atoms with E-state index in [1.807, 2.05) is 45.0 Å². The zero-order valence-electron chi connectivity index (χ0n) is 12.8. The lowest BCUT2D eigenvalue weighted by Crippen LogP contribution is -2.25. The van der Waals surface area contributed by atoms with Crippen LogP contribution in [-0.2, 0) is 32.1 Å². The number of carbonyl (C=O) groups excluding carboxylic acids is 1. The van der Waals surface area contributed by atoms with Gasteiger partial charge >= 0.3 is 17.9 Å². The first kappa shape index (κ1) is 19.6. The van der Waals surface area contributed by atoms with Crippen LogP contribution in [0.3, 0.4) is 0 Å². The van der Waals surface area contributed by atoms with Crippen molar-refractivity contribution in [3.05, 3.63) is 35.4 Å². The van der Waals surface area contributed by atoms with E-state index in [-0.39, 0.29) is 12.4 Å². The third kappa shape index (κ3) is 8.70. The number of aliphatic carboxylic acids is 2. The number of carbonyl (C=O) groups is 3. The second kappa shape index (κ2) is 8.78. The number of ether oxygens (including phenoxy) is 1. The minimum absolute atomic E-state index is 0.214. The molecule has 0 heterocycles. The number of rotatable bonds is 3. The summed E-state index contributed by atoms with van der Waals surface area (Å²) >= 11 is 0. The van der Waals surface area contributed by atoms with E-state index in [1.165, 1.54) is 0 Å². The van der Waals surface area contributed by atoms with Crippen LogP contribution in [0.1, 0.15) is 31.9 Å². The Hall–Kier alpha value is -2.41. The molecule has 0 bridgehead atoms. The first-order valence-corrected chi connectivity index (χ1v) is 6.51. The lowest BCUT2D eigenvalue weighted by Gasteiger charge is -2.19. The second-order valence-electron chi connectivity index (χ2n) is 5.35. The van der Waals surface area contributed by atoms with Crippen LogP contribution < -0.4 is 5.73 Å². The zero-order valence-corrected chi connectivity index (χ0v) is 12.8. The number of carboxylic acids is 2. The van der Waals surface area contributed by atoms with Crippen molar-refractivity contribution in [1.82, 2.24) is 0 Å². The standard InChI is InChI=1S/C13H19NO2.C2H2O4/c1-13(2,3)16-12(15)8-10-6-4-5-7-11(10)9-14;3-1(4)2(5)6/h4-7H,8-9,14H2,1-3H3;(H,3,4)(H,5,6). The molecule has 22 heavy (non-hydrogen) atoms. The fraction of sp³-hybridized carbons (Fsp3) is 0.400. The molecule has 1 aromatic carbocycles.